The second-order valence-corrected chi connectivity index (χ2v) is 6.79. The molecule has 0 saturated heterocycles. The summed E-state index contributed by atoms with van der Waals surface area (Å²) in [7, 11) is 0. The van der Waals surface area contributed by atoms with Gasteiger partial charge in [0.25, 0.3) is 0 Å². The molecule has 0 bridgehead atoms. The Morgan fingerprint density at radius 3 is 3.00 bits per heavy atom. The number of rotatable bonds is 5. The van der Waals surface area contributed by atoms with E-state index >= 15 is 0 Å². The topological polar surface area (TPSA) is 26.0 Å². The van der Waals surface area contributed by atoms with Gasteiger partial charge in [-0.05, 0) is 48.6 Å². The normalized spacial score (nSPS) is 21.5. The molecule has 0 spiro atoms. The van der Waals surface area contributed by atoms with Crippen molar-refractivity contribution in [3.05, 3.63) is 21.9 Å². The molecule has 0 radical (unpaired) electrons. The third-order valence-corrected chi connectivity index (χ3v) is 4.93. The lowest BCUT2D eigenvalue weighted by molar-refractivity contribution is 0.416. The fourth-order valence-electron chi connectivity index (χ4n) is 2.93. The Morgan fingerprint density at radius 1 is 1.41 bits per heavy atom. The van der Waals surface area contributed by atoms with Gasteiger partial charge in [-0.1, -0.05) is 26.7 Å². The average molecular weight is 251 g/mol. The summed E-state index contributed by atoms with van der Waals surface area (Å²) in [5.41, 5.74) is 7.98. The first-order valence-electron chi connectivity index (χ1n) is 7.00. The van der Waals surface area contributed by atoms with Gasteiger partial charge >= 0.3 is 0 Å². The van der Waals surface area contributed by atoms with Gasteiger partial charge in [-0.3, -0.25) is 0 Å². The number of thiophene rings is 1. The van der Waals surface area contributed by atoms with E-state index < -0.39 is 0 Å². The van der Waals surface area contributed by atoms with Crippen LogP contribution in [-0.4, -0.2) is 6.04 Å². The summed E-state index contributed by atoms with van der Waals surface area (Å²) in [6.45, 7) is 4.59. The van der Waals surface area contributed by atoms with E-state index in [0.717, 1.165) is 5.92 Å². The van der Waals surface area contributed by atoms with Crippen LogP contribution in [0.15, 0.2) is 11.4 Å². The van der Waals surface area contributed by atoms with E-state index in [0.29, 0.717) is 12.0 Å². The second-order valence-electron chi connectivity index (χ2n) is 5.79. The Balaban J connectivity index is 1.90. The van der Waals surface area contributed by atoms with Crippen molar-refractivity contribution in [1.29, 1.82) is 0 Å². The molecule has 0 saturated carbocycles. The lowest BCUT2D eigenvalue weighted by Crippen LogP contribution is -2.30. The fourth-order valence-corrected chi connectivity index (χ4v) is 3.93. The Hall–Kier alpha value is -0.340. The highest BCUT2D eigenvalue weighted by Gasteiger charge is 2.25. The smallest absolute Gasteiger partial charge is 0.0108 e. The number of aryl methyl sites for hydroxylation is 1. The van der Waals surface area contributed by atoms with Crippen LogP contribution in [0.2, 0.25) is 0 Å². The zero-order valence-corrected chi connectivity index (χ0v) is 11.9. The molecule has 0 aromatic carbocycles. The van der Waals surface area contributed by atoms with Crippen LogP contribution in [0.5, 0.6) is 0 Å². The molecule has 1 heterocycles. The largest absolute Gasteiger partial charge is 0.327 e. The Labute approximate surface area is 109 Å². The van der Waals surface area contributed by atoms with Gasteiger partial charge in [0.1, 0.15) is 0 Å². The van der Waals surface area contributed by atoms with Crippen LogP contribution in [-0.2, 0) is 6.42 Å². The van der Waals surface area contributed by atoms with Gasteiger partial charge in [0.05, 0.1) is 0 Å². The van der Waals surface area contributed by atoms with Crippen molar-refractivity contribution in [2.75, 3.05) is 0 Å². The van der Waals surface area contributed by atoms with Crippen LogP contribution in [0.4, 0.5) is 0 Å². The number of fused-ring (bicyclic) bond motifs is 1. The molecule has 2 N–H and O–H groups in total. The predicted octanol–water partition coefficient (Wildman–Crippen LogP) is 4.32. The third-order valence-electron chi connectivity index (χ3n) is 3.93. The van der Waals surface area contributed by atoms with E-state index in [9.17, 15) is 0 Å². The van der Waals surface area contributed by atoms with Crippen molar-refractivity contribution in [3.8, 4) is 0 Å². The van der Waals surface area contributed by atoms with Crippen LogP contribution in [0.3, 0.4) is 0 Å². The van der Waals surface area contributed by atoms with E-state index in [1.54, 1.807) is 10.4 Å². The summed E-state index contributed by atoms with van der Waals surface area (Å²) in [5.74, 6) is 1.45. The highest BCUT2D eigenvalue weighted by atomic mass is 32.1. The monoisotopic (exact) mass is 251 g/mol. The average Bonchev–Trinajstić information content (AvgIpc) is 2.75. The van der Waals surface area contributed by atoms with E-state index in [1.807, 2.05) is 11.3 Å². The molecule has 1 aliphatic rings. The lowest BCUT2D eigenvalue weighted by Gasteiger charge is -2.28. The summed E-state index contributed by atoms with van der Waals surface area (Å²) in [4.78, 5) is 1.60. The number of hydrogen-bond acceptors (Lipinski definition) is 2. The van der Waals surface area contributed by atoms with Crippen molar-refractivity contribution >= 4 is 11.3 Å². The van der Waals surface area contributed by atoms with E-state index in [1.165, 1.54) is 38.5 Å². The Morgan fingerprint density at radius 2 is 2.24 bits per heavy atom. The third kappa shape index (κ3) is 3.32. The molecule has 1 aromatic heterocycles. The van der Waals surface area contributed by atoms with Crippen LogP contribution >= 0.6 is 11.3 Å². The molecule has 1 aliphatic carbocycles. The molecule has 2 unspecified atom stereocenters. The zero-order valence-electron chi connectivity index (χ0n) is 11.1. The predicted molar refractivity (Wildman–Crippen MR) is 76.7 cm³/mol. The quantitative estimate of drug-likeness (QED) is 0.828. The minimum Gasteiger partial charge on any atom is -0.327 e. The standard InChI is InChI=1S/C15H25NS/c1-11(2)5-3-7-14(16)12-6-4-8-15-13(12)9-10-17-15/h9-12,14H,3-8,16H2,1-2H3. The summed E-state index contributed by atoms with van der Waals surface area (Å²) < 4.78 is 0. The summed E-state index contributed by atoms with van der Waals surface area (Å²) in [6.07, 6.45) is 7.70. The van der Waals surface area contributed by atoms with Gasteiger partial charge < -0.3 is 5.73 Å². The van der Waals surface area contributed by atoms with Gasteiger partial charge in [0.2, 0.25) is 0 Å². The maximum absolute atomic E-state index is 6.41. The van der Waals surface area contributed by atoms with Crippen molar-refractivity contribution in [2.45, 2.75) is 64.3 Å². The summed E-state index contributed by atoms with van der Waals surface area (Å²) in [5, 5.41) is 2.24. The molecular formula is C15H25NS. The first-order valence-corrected chi connectivity index (χ1v) is 7.88. The Bertz CT molecular complexity index is 342. The zero-order chi connectivity index (χ0) is 12.3. The van der Waals surface area contributed by atoms with E-state index in [4.69, 9.17) is 5.73 Å². The molecular weight excluding hydrogens is 226 g/mol. The molecule has 0 fully saturated rings. The van der Waals surface area contributed by atoms with Gasteiger partial charge in [0, 0.05) is 16.8 Å². The minimum atomic E-state index is 0.377. The maximum Gasteiger partial charge on any atom is 0.0108 e. The molecule has 0 amide bonds. The van der Waals surface area contributed by atoms with E-state index in [2.05, 4.69) is 25.3 Å². The molecule has 2 heteroatoms. The number of nitrogens with two attached hydrogens (primary N) is 1. The molecule has 0 aliphatic heterocycles. The van der Waals surface area contributed by atoms with Crippen molar-refractivity contribution < 1.29 is 0 Å². The SMILES string of the molecule is CC(C)CCCC(N)C1CCCc2sccc21. The lowest BCUT2D eigenvalue weighted by atomic mass is 9.81. The first kappa shape index (κ1) is 13.1. The van der Waals surface area contributed by atoms with Gasteiger partial charge in [-0.2, -0.15) is 0 Å². The summed E-state index contributed by atoms with van der Waals surface area (Å²) >= 11 is 1.92. The van der Waals surface area contributed by atoms with Crippen molar-refractivity contribution in [2.24, 2.45) is 11.7 Å². The molecule has 96 valence electrons. The van der Waals surface area contributed by atoms with Crippen LogP contribution in [0.25, 0.3) is 0 Å². The molecule has 2 rings (SSSR count). The second kappa shape index (κ2) is 6.01. The van der Waals surface area contributed by atoms with Crippen molar-refractivity contribution in [1.82, 2.24) is 0 Å². The van der Waals surface area contributed by atoms with Crippen LogP contribution in [0.1, 0.15) is 62.3 Å². The number of hydrogen-bond donors (Lipinski definition) is 1. The van der Waals surface area contributed by atoms with Crippen LogP contribution < -0.4 is 5.73 Å². The Kier molecular flexibility index (Phi) is 4.63. The molecule has 1 nitrogen and oxygen atoms in total. The fraction of sp³-hybridized carbons (Fsp3) is 0.733. The highest BCUT2D eigenvalue weighted by Crippen LogP contribution is 2.37. The van der Waals surface area contributed by atoms with Crippen molar-refractivity contribution in [3.63, 3.8) is 0 Å². The molecule has 1 aromatic rings. The molecule has 2 atom stereocenters. The molecule has 17 heavy (non-hydrogen) atoms. The minimum absolute atomic E-state index is 0.377. The van der Waals surface area contributed by atoms with E-state index in [-0.39, 0.29) is 0 Å². The maximum atomic E-state index is 6.41. The first-order chi connectivity index (χ1) is 8.18. The summed E-state index contributed by atoms with van der Waals surface area (Å²) in [6, 6.07) is 2.69. The van der Waals surface area contributed by atoms with Gasteiger partial charge in [0.15, 0.2) is 0 Å². The highest BCUT2D eigenvalue weighted by molar-refractivity contribution is 7.10. The van der Waals surface area contributed by atoms with Gasteiger partial charge in [-0.25, -0.2) is 0 Å². The van der Waals surface area contributed by atoms with Gasteiger partial charge in [-0.15, -0.1) is 11.3 Å². The van der Waals surface area contributed by atoms with Crippen LogP contribution in [0, 0.1) is 5.92 Å².